The molecule has 3 heterocycles. The molecule has 0 spiro atoms. The van der Waals surface area contributed by atoms with Gasteiger partial charge in [0.15, 0.2) is 0 Å². The molecule has 1 saturated heterocycles. The molecule has 0 bridgehead atoms. The van der Waals surface area contributed by atoms with E-state index in [2.05, 4.69) is 32.6 Å². The number of rotatable bonds is 4. The van der Waals surface area contributed by atoms with Crippen molar-refractivity contribution >= 4 is 11.3 Å². The van der Waals surface area contributed by atoms with Crippen LogP contribution in [-0.4, -0.2) is 51.1 Å². The molecular formula is C12H18N6S. The summed E-state index contributed by atoms with van der Waals surface area (Å²) in [6, 6.07) is 0.598. The van der Waals surface area contributed by atoms with Crippen LogP contribution in [0.15, 0.2) is 17.8 Å². The van der Waals surface area contributed by atoms with Gasteiger partial charge in [0.2, 0.25) is 5.13 Å². The SMILES string of the molecule is CN1CCC(NCc2cn(-c3nccs3)nn2)CC1. The number of nitrogens with zero attached hydrogens (tertiary/aromatic N) is 5. The van der Waals surface area contributed by atoms with Crippen LogP contribution in [0.2, 0.25) is 0 Å². The Balaban J connectivity index is 1.53. The van der Waals surface area contributed by atoms with Crippen molar-refractivity contribution in [3.63, 3.8) is 0 Å². The zero-order valence-electron chi connectivity index (χ0n) is 11.0. The van der Waals surface area contributed by atoms with E-state index in [4.69, 9.17) is 0 Å². The van der Waals surface area contributed by atoms with Gasteiger partial charge in [-0.15, -0.1) is 16.4 Å². The van der Waals surface area contributed by atoms with Crippen LogP contribution in [0.25, 0.3) is 5.13 Å². The van der Waals surface area contributed by atoms with E-state index in [0.29, 0.717) is 6.04 Å². The Morgan fingerprint density at radius 2 is 2.26 bits per heavy atom. The fourth-order valence-corrected chi connectivity index (χ4v) is 2.83. The second kappa shape index (κ2) is 5.77. The van der Waals surface area contributed by atoms with Crippen molar-refractivity contribution in [3.05, 3.63) is 23.5 Å². The van der Waals surface area contributed by atoms with Gasteiger partial charge in [-0.3, -0.25) is 0 Å². The van der Waals surface area contributed by atoms with Crippen LogP contribution in [0.5, 0.6) is 0 Å². The van der Waals surface area contributed by atoms with Gasteiger partial charge in [0.1, 0.15) is 0 Å². The average molecular weight is 278 g/mol. The number of thiazole rings is 1. The summed E-state index contributed by atoms with van der Waals surface area (Å²) >= 11 is 1.56. The van der Waals surface area contributed by atoms with Gasteiger partial charge in [0.05, 0.1) is 11.9 Å². The number of likely N-dealkylation sites (tertiary alicyclic amines) is 1. The molecule has 102 valence electrons. The predicted molar refractivity (Wildman–Crippen MR) is 74.4 cm³/mol. The van der Waals surface area contributed by atoms with Gasteiger partial charge in [-0.1, -0.05) is 5.21 Å². The lowest BCUT2D eigenvalue weighted by Gasteiger charge is -2.29. The minimum Gasteiger partial charge on any atom is -0.308 e. The van der Waals surface area contributed by atoms with Gasteiger partial charge in [-0.05, 0) is 33.0 Å². The summed E-state index contributed by atoms with van der Waals surface area (Å²) in [6.07, 6.45) is 6.13. The highest BCUT2D eigenvalue weighted by molar-refractivity contribution is 7.12. The molecule has 19 heavy (non-hydrogen) atoms. The van der Waals surface area contributed by atoms with Crippen LogP contribution in [0.1, 0.15) is 18.5 Å². The Bertz CT molecular complexity index is 500. The summed E-state index contributed by atoms with van der Waals surface area (Å²) in [4.78, 5) is 6.58. The van der Waals surface area contributed by atoms with Crippen molar-refractivity contribution in [1.29, 1.82) is 0 Å². The lowest BCUT2D eigenvalue weighted by atomic mass is 10.1. The lowest BCUT2D eigenvalue weighted by molar-refractivity contribution is 0.233. The van der Waals surface area contributed by atoms with E-state index >= 15 is 0 Å². The zero-order valence-corrected chi connectivity index (χ0v) is 11.8. The van der Waals surface area contributed by atoms with E-state index < -0.39 is 0 Å². The molecule has 0 radical (unpaired) electrons. The molecule has 3 rings (SSSR count). The summed E-state index contributed by atoms with van der Waals surface area (Å²) in [5, 5.41) is 14.6. The van der Waals surface area contributed by atoms with E-state index in [1.807, 2.05) is 11.6 Å². The highest BCUT2D eigenvalue weighted by atomic mass is 32.1. The number of hydrogen-bond acceptors (Lipinski definition) is 6. The van der Waals surface area contributed by atoms with Crippen LogP contribution in [0.3, 0.4) is 0 Å². The fourth-order valence-electron chi connectivity index (χ4n) is 2.26. The van der Waals surface area contributed by atoms with Crippen molar-refractivity contribution in [2.75, 3.05) is 20.1 Å². The Kier molecular flexibility index (Phi) is 3.86. The minimum absolute atomic E-state index is 0.598. The maximum Gasteiger partial charge on any atom is 0.211 e. The monoisotopic (exact) mass is 278 g/mol. The number of nitrogens with one attached hydrogen (secondary N) is 1. The third kappa shape index (κ3) is 3.17. The summed E-state index contributed by atoms with van der Waals surface area (Å²) in [6.45, 7) is 3.12. The standard InChI is InChI=1S/C12H18N6S/c1-17-5-2-10(3-6-17)14-8-11-9-18(16-15-11)12-13-4-7-19-12/h4,7,9-10,14H,2-3,5-6,8H2,1H3. The molecule has 1 aliphatic rings. The second-order valence-corrected chi connectivity index (χ2v) is 5.80. The summed E-state index contributed by atoms with van der Waals surface area (Å²) < 4.78 is 1.73. The van der Waals surface area contributed by atoms with Crippen LogP contribution in [0, 0.1) is 0 Å². The van der Waals surface area contributed by atoms with Gasteiger partial charge in [-0.2, -0.15) is 4.68 Å². The van der Waals surface area contributed by atoms with Gasteiger partial charge >= 0.3 is 0 Å². The zero-order chi connectivity index (χ0) is 13.1. The van der Waals surface area contributed by atoms with Gasteiger partial charge < -0.3 is 10.2 Å². The molecule has 0 aliphatic carbocycles. The molecule has 2 aromatic heterocycles. The van der Waals surface area contributed by atoms with Gasteiger partial charge in [0.25, 0.3) is 0 Å². The van der Waals surface area contributed by atoms with Gasteiger partial charge in [-0.25, -0.2) is 4.98 Å². The fraction of sp³-hybridized carbons (Fsp3) is 0.583. The number of aromatic nitrogens is 4. The smallest absolute Gasteiger partial charge is 0.211 e. The van der Waals surface area contributed by atoms with Crippen LogP contribution in [-0.2, 0) is 6.54 Å². The molecule has 1 fully saturated rings. The lowest BCUT2D eigenvalue weighted by Crippen LogP contribution is -2.40. The second-order valence-electron chi connectivity index (χ2n) is 4.93. The molecule has 0 unspecified atom stereocenters. The Hall–Kier alpha value is -1.31. The minimum atomic E-state index is 0.598. The molecule has 0 saturated carbocycles. The normalized spacial score (nSPS) is 17.9. The average Bonchev–Trinajstić information content (AvgIpc) is 3.09. The Labute approximate surface area is 116 Å². The molecule has 2 aromatic rings. The first-order valence-corrected chi connectivity index (χ1v) is 7.42. The Morgan fingerprint density at radius 1 is 1.42 bits per heavy atom. The van der Waals surface area contributed by atoms with Gasteiger partial charge in [0, 0.05) is 24.2 Å². The van der Waals surface area contributed by atoms with Crippen molar-refractivity contribution < 1.29 is 0 Å². The summed E-state index contributed by atoms with van der Waals surface area (Å²) in [5.41, 5.74) is 0.967. The first-order valence-electron chi connectivity index (χ1n) is 6.54. The molecular weight excluding hydrogens is 260 g/mol. The molecule has 6 nitrogen and oxygen atoms in total. The largest absolute Gasteiger partial charge is 0.308 e. The van der Waals surface area contributed by atoms with Crippen LogP contribution >= 0.6 is 11.3 Å². The van der Waals surface area contributed by atoms with E-state index in [0.717, 1.165) is 17.4 Å². The highest BCUT2D eigenvalue weighted by Crippen LogP contribution is 2.11. The van der Waals surface area contributed by atoms with E-state index in [9.17, 15) is 0 Å². The first-order chi connectivity index (χ1) is 9.31. The van der Waals surface area contributed by atoms with E-state index in [-0.39, 0.29) is 0 Å². The topological polar surface area (TPSA) is 58.9 Å². The highest BCUT2D eigenvalue weighted by Gasteiger charge is 2.16. The first kappa shape index (κ1) is 12.7. The molecule has 1 N–H and O–H groups in total. The van der Waals surface area contributed by atoms with Crippen molar-refractivity contribution in [1.82, 2.24) is 30.2 Å². The number of hydrogen-bond donors (Lipinski definition) is 1. The quantitative estimate of drug-likeness (QED) is 0.901. The van der Waals surface area contributed by atoms with Crippen LogP contribution in [0.4, 0.5) is 0 Å². The molecule has 0 aromatic carbocycles. The van der Waals surface area contributed by atoms with E-state index in [1.54, 1.807) is 22.2 Å². The molecule has 7 heteroatoms. The predicted octanol–water partition coefficient (Wildman–Crippen LogP) is 0.908. The van der Waals surface area contributed by atoms with Crippen LogP contribution < -0.4 is 5.32 Å². The summed E-state index contributed by atoms with van der Waals surface area (Å²) in [7, 11) is 2.18. The maximum absolute atomic E-state index is 4.21. The van der Waals surface area contributed by atoms with Crippen molar-refractivity contribution in [3.8, 4) is 5.13 Å². The summed E-state index contributed by atoms with van der Waals surface area (Å²) in [5.74, 6) is 0. The third-order valence-corrected chi connectivity index (χ3v) is 4.21. The molecule has 1 aliphatic heterocycles. The molecule has 0 amide bonds. The maximum atomic E-state index is 4.21. The van der Waals surface area contributed by atoms with Crippen molar-refractivity contribution in [2.24, 2.45) is 0 Å². The molecule has 0 atom stereocenters. The van der Waals surface area contributed by atoms with E-state index in [1.165, 1.54) is 25.9 Å². The Morgan fingerprint density at radius 3 is 3.00 bits per heavy atom. The number of piperidine rings is 1. The van der Waals surface area contributed by atoms with Crippen molar-refractivity contribution in [2.45, 2.75) is 25.4 Å². The third-order valence-electron chi connectivity index (χ3n) is 3.45.